The van der Waals surface area contributed by atoms with E-state index >= 15 is 0 Å². The number of aryl methyl sites for hydroxylation is 1. The summed E-state index contributed by atoms with van der Waals surface area (Å²) in [6.07, 6.45) is 1.64. The maximum atomic E-state index is 11.8. The highest BCUT2D eigenvalue weighted by molar-refractivity contribution is 7.09. The first kappa shape index (κ1) is 15.5. The molecule has 0 aliphatic carbocycles. The zero-order valence-corrected chi connectivity index (χ0v) is 13.2. The van der Waals surface area contributed by atoms with E-state index in [9.17, 15) is 4.79 Å². The summed E-state index contributed by atoms with van der Waals surface area (Å²) in [7, 11) is 3.90. The first-order valence-corrected chi connectivity index (χ1v) is 7.56. The highest BCUT2D eigenvalue weighted by atomic mass is 32.1. The van der Waals surface area contributed by atoms with Gasteiger partial charge in [0.15, 0.2) is 0 Å². The van der Waals surface area contributed by atoms with Gasteiger partial charge in [0.25, 0.3) is 0 Å². The van der Waals surface area contributed by atoms with E-state index in [2.05, 4.69) is 15.6 Å². The number of furan rings is 1. The maximum Gasteiger partial charge on any atom is 0.315 e. The summed E-state index contributed by atoms with van der Waals surface area (Å²) in [5, 5.41) is 8.59. The monoisotopic (exact) mass is 308 g/mol. The molecule has 6 nitrogen and oxygen atoms in total. The fourth-order valence-corrected chi connectivity index (χ4v) is 2.54. The van der Waals surface area contributed by atoms with Gasteiger partial charge in [-0.2, -0.15) is 0 Å². The van der Waals surface area contributed by atoms with Crippen molar-refractivity contribution in [3.63, 3.8) is 0 Å². The molecule has 0 saturated carbocycles. The highest BCUT2D eigenvalue weighted by Crippen LogP contribution is 2.17. The maximum absolute atomic E-state index is 11.8. The van der Waals surface area contributed by atoms with Gasteiger partial charge in [-0.1, -0.05) is 0 Å². The number of nitrogens with zero attached hydrogens (tertiary/aromatic N) is 2. The molecule has 0 spiro atoms. The summed E-state index contributed by atoms with van der Waals surface area (Å²) in [6, 6.07) is 3.55. The number of likely N-dealkylation sites (N-methyl/N-ethyl adjacent to an activating group) is 1. The van der Waals surface area contributed by atoms with Crippen molar-refractivity contribution >= 4 is 17.4 Å². The molecule has 2 heterocycles. The number of hydrogen-bond donors (Lipinski definition) is 2. The molecule has 0 aliphatic heterocycles. The molecule has 2 aromatic rings. The van der Waals surface area contributed by atoms with Crippen molar-refractivity contribution < 1.29 is 9.21 Å². The first-order chi connectivity index (χ1) is 10.1. The molecule has 1 atom stereocenters. The molecule has 0 aromatic carbocycles. The summed E-state index contributed by atoms with van der Waals surface area (Å²) >= 11 is 1.57. The first-order valence-electron chi connectivity index (χ1n) is 6.69. The standard InChI is InChI=1S/C14H20N4O2S/c1-10-17-11(9-21-10)7-15-14(19)16-8-12(18(2)3)13-5-4-6-20-13/h4-6,9,12H,7-8H2,1-3H3,(H2,15,16,19). The predicted octanol–water partition coefficient (Wildman–Crippen LogP) is 2.15. The van der Waals surface area contributed by atoms with Crippen LogP contribution in [0.3, 0.4) is 0 Å². The molecule has 2 rings (SSSR count). The van der Waals surface area contributed by atoms with Crippen molar-refractivity contribution in [3.8, 4) is 0 Å². The molecule has 2 N–H and O–H groups in total. The van der Waals surface area contributed by atoms with Crippen LogP contribution < -0.4 is 10.6 Å². The topological polar surface area (TPSA) is 70.4 Å². The molecule has 0 bridgehead atoms. The third-order valence-corrected chi connectivity index (χ3v) is 3.87. The van der Waals surface area contributed by atoms with Crippen LogP contribution in [0.4, 0.5) is 4.79 Å². The quantitative estimate of drug-likeness (QED) is 0.858. The van der Waals surface area contributed by atoms with Gasteiger partial charge in [-0.05, 0) is 33.2 Å². The summed E-state index contributed by atoms with van der Waals surface area (Å²) in [5.74, 6) is 0.829. The van der Waals surface area contributed by atoms with Gasteiger partial charge in [0.05, 0.1) is 29.6 Å². The van der Waals surface area contributed by atoms with E-state index in [0.717, 1.165) is 16.5 Å². The van der Waals surface area contributed by atoms with E-state index in [1.807, 2.05) is 43.4 Å². The highest BCUT2D eigenvalue weighted by Gasteiger charge is 2.17. The average molecular weight is 308 g/mol. The molecule has 7 heteroatoms. The van der Waals surface area contributed by atoms with Crippen LogP contribution in [-0.4, -0.2) is 36.6 Å². The fourth-order valence-electron chi connectivity index (χ4n) is 1.93. The van der Waals surface area contributed by atoms with Gasteiger partial charge >= 0.3 is 6.03 Å². The van der Waals surface area contributed by atoms with Crippen LogP contribution in [0.1, 0.15) is 22.5 Å². The minimum absolute atomic E-state index is 0.00673. The largest absolute Gasteiger partial charge is 0.468 e. The molecule has 2 amide bonds. The normalized spacial score (nSPS) is 12.4. The Kier molecular flexibility index (Phi) is 5.35. The number of thiazole rings is 1. The third kappa shape index (κ3) is 4.57. The van der Waals surface area contributed by atoms with Crippen molar-refractivity contribution in [2.24, 2.45) is 0 Å². The lowest BCUT2D eigenvalue weighted by atomic mass is 10.2. The van der Waals surface area contributed by atoms with Crippen molar-refractivity contribution in [2.75, 3.05) is 20.6 Å². The van der Waals surface area contributed by atoms with Crippen LogP contribution in [0.5, 0.6) is 0 Å². The van der Waals surface area contributed by atoms with Gasteiger partial charge in [-0.15, -0.1) is 11.3 Å². The fraction of sp³-hybridized carbons (Fsp3) is 0.429. The minimum Gasteiger partial charge on any atom is -0.468 e. The van der Waals surface area contributed by atoms with E-state index in [4.69, 9.17) is 4.42 Å². The number of amides is 2. The number of carbonyl (C=O) groups excluding carboxylic acids is 1. The summed E-state index contributed by atoms with van der Waals surface area (Å²) in [5.41, 5.74) is 0.878. The third-order valence-electron chi connectivity index (χ3n) is 3.05. The molecule has 21 heavy (non-hydrogen) atoms. The SMILES string of the molecule is Cc1nc(CNC(=O)NCC(c2ccco2)N(C)C)cs1. The van der Waals surface area contributed by atoms with Gasteiger partial charge in [0.2, 0.25) is 0 Å². The van der Waals surface area contributed by atoms with Crippen molar-refractivity contribution in [2.45, 2.75) is 19.5 Å². The summed E-state index contributed by atoms with van der Waals surface area (Å²) in [4.78, 5) is 18.1. The Morgan fingerprint density at radius 2 is 2.29 bits per heavy atom. The van der Waals surface area contributed by atoms with Gasteiger partial charge in [-0.3, -0.25) is 4.90 Å². The van der Waals surface area contributed by atoms with Gasteiger partial charge in [0, 0.05) is 11.9 Å². The molecule has 114 valence electrons. The van der Waals surface area contributed by atoms with Gasteiger partial charge < -0.3 is 15.1 Å². The van der Waals surface area contributed by atoms with E-state index < -0.39 is 0 Å². The smallest absolute Gasteiger partial charge is 0.315 e. The Bertz CT molecular complexity index is 565. The lowest BCUT2D eigenvalue weighted by Crippen LogP contribution is -2.40. The van der Waals surface area contributed by atoms with Crippen molar-refractivity contribution in [3.05, 3.63) is 40.2 Å². The van der Waals surface area contributed by atoms with Gasteiger partial charge in [-0.25, -0.2) is 9.78 Å². The van der Waals surface area contributed by atoms with E-state index in [0.29, 0.717) is 13.1 Å². The van der Waals surface area contributed by atoms with Crippen LogP contribution in [0.15, 0.2) is 28.2 Å². The average Bonchev–Trinajstić information content (AvgIpc) is 3.08. The molecular weight excluding hydrogens is 288 g/mol. The Labute approximate surface area is 128 Å². The molecule has 1 unspecified atom stereocenters. The second-order valence-electron chi connectivity index (χ2n) is 4.92. The molecule has 0 fully saturated rings. The van der Waals surface area contributed by atoms with Crippen LogP contribution in [0.25, 0.3) is 0 Å². The lowest BCUT2D eigenvalue weighted by molar-refractivity contribution is 0.225. The Balaban J connectivity index is 1.79. The predicted molar refractivity (Wildman–Crippen MR) is 82.2 cm³/mol. The van der Waals surface area contributed by atoms with Crippen LogP contribution in [-0.2, 0) is 6.54 Å². The number of hydrogen-bond acceptors (Lipinski definition) is 5. The molecular formula is C14H20N4O2S. The molecule has 2 aromatic heterocycles. The Hall–Kier alpha value is -1.86. The van der Waals surface area contributed by atoms with Crippen LogP contribution in [0.2, 0.25) is 0 Å². The van der Waals surface area contributed by atoms with E-state index in [1.54, 1.807) is 17.6 Å². The second kappa shape index (κ2) is 7.24. The number of aromatic nitrogens is 1. The lowest BCUT2D eigenvalue weighted by Gasteiger charge is -2.22. The van der Waals surface area contributed by atoms with Gasteiger partial charge in [0.1, 0.15) is 5.76 Å². The Morgan fingerprint density at radius 3 is 2.86 bits per heavy atom. The van der Waals surface area contributed by atoms with Crippen LogP contribution in [0, 0.1) is 6.92 Å². The Morgan fingerprint density at radius 1 is 1.48 bits per heavy atom. The van der Waals surface area contributed by atoms with E-state index in [1.165, 1.54) is 0 Å². The minimum atomic E-state index is -0.209. The van der Waals surface area contributed by atoms with Crippen LogP contribution >= 0.6 is 11.3 Å². The zero-order valence-electron chi connectivity index (χ0n) is 12.4. The molecule has 0 saturated heterocycles. The molecule has 0 radical (unpaired) electrons. The summed E-state index contributed by atoms with van der Waals surface area (Å²) in [6.45, 7) is 2.85. The van der Waals surface area contributed by atoms with Crippen molar-refractivity contribution in [1.29, 1.82) is 0 Å². The molecule has 0 aliphatic rings. The number of urea groups is 1. The number of nitrogens with one attached hydrogen (secondary N) is 2. The number of rotatable bonds is 6. The van der Waals surface area contributed by atoms with Crippen molar-refractivity contribution in [1.82, 2.24) is 20.5 Å². The zero-order chi connectivity index (χ0) is 15.2. The second-order valence-corrected chi connectivity index (χ2v) is 5.98. The van der Waals surface area contributed by atoms with E-state index in [-0.39, 0.29) is 12.1 Å². The summed E-state index contributed by atoms with van der Waals surface area (Å²) < 4.78 is 5.40. The number of carbonyl (C=O) groups is 1.